The van der Waals surface area contributed by atoms with E-state index in [4.69, 9.17) is 9.47 Å². The fourth-order valence-corrected chi connectivity index (χ4v) is 3.11. The highest BCUT2D eigenvalue weighted by Gasteiger charge is 2.28. The molecule has 6 heteroatoms. The number of piperidine rings is 1. The zero-order valence-electron chi connectivity index (χ0n) is 16.2. The standard InChI is InChI=1S/C20H30N2O4/c1-5-25-16-7-8-18(26-6-2)17(13-16)21-19(23)15-9-11-22(12-10-15)20(24)14(3)4/h7-8,13-15H,5-6,9-12H2,1-4H3,(H,21,23). The highest BCUT2D eigenvalue weighted by Crippen LogP contribution is 2.31. The molecule has 0 spiro atoms. The third-order valence-corrected chi connectivity index (χ3v) is 4.49. The van der Waals surface area contributed by atoms with Crippen molar-refractivity contribution < 1.29 is 19.1 Å². The Bertz CT molecular complexity index is 622. The van der Waals surface area contributed by atoms with Crippen LogP contribution in [0.3, 0.4) is 0 Å². The lowest BCUT2D eigenvalue weighted by atomic mass is 9.95. The van der Waals surface area contributed by atoms with Crippen molar-refractivity contribution in [3.05, 3.63) is 18.2 Å². The van der Waals surface area contributed by atoms with Crippen LogP contribution in [0, 0.1) is 11.8 Å². The monoisotopic (exact) mass is 362 g/mol. The summed E-state index contributed by atoms with van der Waals surface area (Å²) in [6.07, 6.45) is 1.36. The van der Waals surface area contributed by atoms with Crippen molar-refractivity contribution in [3.63, 3.8) is 0 Å². The number of ether oxygens (including phenoxy) is 2. The molecule has 0 atom stereocenters. The van der Waals surface area contributed by atoms with Gasteiger partial charge >= 0.3 is 0 Å². The quantitative estimate of drug-likeness (QED) is 0.808. The van der Waals surface area contributed by atoms with Gasteiger partial charge in [-0.2, -0.15) is 0 Å². The first kappa shape index (κ1) is 20.1. The summed E-state index contributed by atoms with van der Waals surface area (Å²) < 4.78 is 11.1. The van der Waals surface area contributed by atoms with E-state index in [9.17, 15) is 9.59 Å². The molecule has 1 aromatic rings. The number of carbonyl (C=O) groups is 2. The van der Waals surface area contributed by atoms with Crippen LogP contribution in [0.15, 0.2) is 18.2 Å². The summed E-state index contributed by atoms with van der Waals surface area (Å²) in [7, 11) is 0. The first-order valence-electron chi connectivity index (χ1n) is 9.45. The molecule has 0 radical (unpaired) electrons. The van der Waals surface area contributed by atoms with Gasteiger partial charge in [0.2, 0.25) is 11.8 Å². The van der Waals surface area contributed by atoms with Crippen LogP contribution in [0.5, 0.6) is 11.5 Å². The van der Waals surface area contributed by atoms with Crippen LogP contribution in [0.1, 0.15) is 40.5 Å². The highest BCUT2D eigenvalue weighted by atomic mass is 16.5. The minimum atomic E-state index is -0.101. The molecule has 6 nitrogen and oxygen atoms in total. The van der Waals surface area contributed by atoms with Gasteiger partial charge in [0.25, 0.3) is 0 Å². The van der Waals surface area contributed by atoms with E-state index >= 15 is 0 Å². The Hall–Kier alpha value is -2.24. The molecule has 0 unspecified atom stereocenters. The zero-order chi connectivity index (χ0) is 19.1. The molecule has 0 aliphatic carbocycles. The minimum absolute atomic E-state index is 0.00423. The Kier molecular flexibility index (Phi) is 7.30. The van der Waals surface area contributed by atoms with E-state index in [1.807, 2.05) is 44.7 Å². The Morgan fingerprint density at radius 3 is 2.38 bits per heavy atom. The number of hydrogen-bond donors (Lipinski definition) is 1. The van der Waals surface area contributed by atoms with Crippen molar-refractivity contribution >= 4 is 17.5 Å². The number of benzene rings is 1. The van der Waals surface area contributed by atoms with E-state index < -0.39 is 0 Å². The van der Waals surface area contributed by atoms with Crippen LogP contribution >= 0.6 is 0 Å². The molecular weight excluding hydrogens is 332 g/mol. The fraction of sp³-hybridized carbons (Fsp3) is 0.600. The Morgan fingerprint density at radius 1 is 1.15 bits per heavy atom. The first-order chi connectivity index (χ1) is 12.5. The summed E-state index contributed by atoms with van der Waals surface area (Å²) >= 11 is 0. The highest BCUT2D eigenvalue weighted by molar-refractivity contribution is 5.94. The van der Waals surface area contributed by atoms with Crippen molar-refractivity contribution in [1.82, 2.24) is 4.90 Å². The van der Waals surface area contributed by atoms with Crippen LogP contribution < -0.4 is 14.8 Å². The maximum Gasteiger partial charge on any atom is 0.227 e. The van der Waals surface area contributed by atoms with E-state index in [0.717, 1.165) is 0 Å². The molecule has 2 amide bonds. The lowest BCUT2D eigenvalue weighted by Gasteiger charge is -2.32. The van der Waals surface area contributed by atoms with Crippen LogP contribution in [0.4, 0.5) is 5.69 Å². The molecule has 1 aliphatic heterocycles. The smallest absolute Gasteiger partial charge is 0.227 e. The molecule has 1 aromatic carbocycles. The van der Waals surface area contributed by atoms with Crippen molar-refractivity contribution in [1.29, 1.82) is 0 Å². The van der Waals surface area contributed by atoms with Gasteiger partial charge in [-0.1, -0.05) is 13.8 Å². The maximum absolute atomic E-state index is 12.7. The van der Waals surface area contributed by atoms with Crippen molar-refractivity contribution in [2.75, 3.05) is 31.6 Å². The molecule has 144 valence electrons. The maximum atomic E-state index is 12.7. The summed E-state index contributed by atoms with van der Waals surface area (Å²) in [6.45, 7) is 9.98. The molecule has 1 N–H and O–H groups in total. The zero-order valence-corrected chi connectivity index (χ0v) is 16.2. The summed E-state index contributed by atoms with van der Waals surface area (Å²) in [4.78, 5) is 26.6. The molecule has 2 rings (SSSR count). The van der Waals surface area contributed by atoms with E-state index in [-0.39, 0.29) is 23.7 Å². The van der Waals surface area contributed by atoms with Gasteiger partial charge in [0.1, 0.15) is 11.5 Å². The summed E-state index contributed by atoms with van der Waals surface area (Å²) in [5, 5.41) is 2.98. The molecule has 0 aromatic heterocycles. The predicted octanol–water partition coefficient (Wildman–Crippen LogP) is 3.32. The molecule has 1 saturated heterocycles. The van der Waals surface area contributed by atoms with Crippen LogP contribution in [-0.4, -0.2) is 43.0 Å². The van der Waals surface area contributed by atoms with Gasteiger partial charge in [0, 0.05) is 31.0 Å². The molecule has 1 fully saturated rings. The second kappa shape index (κ2) is 9.46. The normalized spacial score (nSPS) is 15.0. The van der Waals surface area contributed by atoms with Gasteiger partial charge in [0.15, 0.2) is 0 Å². The third kappa shape index (κ3) is 5.13. The number of carbonyl (C=O) groups excluding carboxylic acids is 2. The number of likely N-dealkylation sites (tertiary alicyclic amines) is 1. The van der Waals surface area contributed by atoms with Crippen molar-refractivity contribution in [2.24, 2.45) is 11.8 Å². The van der Waals surface area contributed by atoms with Gasteiger partial charge in [-0.15, -0.1) is 0 Å². The molecule has 0 saturated carbocycles. The molecule has 1 aliphatic rings. The summed E-state index contributed by atoms with van der Waals surface area (Å²) in [5.41, 5.74) is 0.628. The molecule has 0 bridgehead atoms. The SMILES string of the molecule is CCOc1ccc(OCC)c(NC(=O)C2CCN(C(=O)C(C)C)CC2)c1. The Morgan fingerprint density at radius 2 is 1.81 bits per heavy atom. The largest absolute Gasteiger partial charge is 0.494 e. The summed E-state index contributed by atoms with van der Waals surface area (Å²) in [6, 6.07) is 5.44. The lowest BCUT2D eigenvalue weighted by molar-refractivity contribution is -0.137. The van der Waals surface area contributed by atoms with Crippen LogP contribution in [0.25, 0.3) is 0 Å². The number of anilines is 1. The van der Waals surface area contributed by atoms with Crippen LogP contribution in [0.2, 0.25) is 0 Å². The van der Waals surface area contributed by atoms with Crippen LogP contribution in [-0.2, 0) is 9.59 Å². The van der Waals surface area contributed by atoms with Crippen molar-refractivity contribution in [3.8, 4) is 11.5 Å². The van der Waals surface area contributed by atoms with Gasteiger partial charge in [-0.05, 0) is 38.8 Å². The third-order valence-electron chi connectivity index (χ3n) is 4.49. The number of nitrogens with zero attached hydrogens (tertiary/aromatic N) is 1. The molecule has 1 heterocycles. The van der Waals surface area contributed by atoms with Gasteiger partial charge < -0.3 is 19.7 Å². The second-order valence-corrected chi connectivity index (χ2v) is 6.77. The lowest BCUT2D eigenvalue weighted by Crippen LogP contribution is -2.43. The summed E-state index contributed by atoms with van der Waals surface area (Å²) in [5.74, 6) is 1.36. The second-order valence-electron chi connectivity index (χ2n) is 6.77. The number of amides is 2. The minimum Gasteiger partial charge on any atom is -0.494 e. The average molecular weight is 362 g/mol. The van der Waals surface area contributed by atoms with Gasteiger partial charge in [-0.3, -0.25) is 9.59 Å². The van der Waals surface area contributed by atoms with E-state index in [1.165, 1.54) is 0 Å². The fourth-order valence-electron chi connectivity index (χ4n) is 3.11. The number of nitrogens with one attached hydrogen (secondary N) is 1. The van der Waals surface area contributed by atoms with Gasteiger partial charge in [-0.25, -0.2) is 0 Å². The molecular formula is C20H30N2O4. The van der Waals surface area contributed by atoms with Gasteiger partial charge in [0.05, 0.1) is 18.9 Å². The van der Waals surface area contributed by atoms with Crippen molar-refractivity contribution in [2.45, 2.75) is 40.5 Å². The Labute approximate surface area is 155 Å². The molecule has 26 heavy (non-hydrogen) atoms. The Balaban J connectivity index is 2.01. The number of rotatable bonds is 7. The van der Waals surface area contributed by atoms with E-state index in [0.29, 0.717) is 56.3 Å². The first-order valence-corrected chi connectivity index (χ1v) is 9.45. The predicted molar refractivity (Wildman–Crippen MR) is 102 cm³/mol. The topological polar surface area (TPSA) is 67.9 Å². The van der Waals surface area contributed by atoms with E-state index in [1.54, 1.807) is 6.07 Å². The van der Waals surface area contributed by atoms with E-state index in [2.05, 4.69) is 5.32 Å². The average Bonchev–Trinajstić information content (AvgIpc) is 2.63. The number of hydrogen-bond acceptors (Lipinski definition) is 4.